The summed E-state index contributed by atoms with van der Waals surface area (Å²) in [4.78, 5) is 14.4. The molecule has 12 nitrogen and oxygen atoms in total. The Morgan fingerprint density at radius 2 is 1.48 bits per heavy atom. The number of allylic oxidation sites excluding steroid dienone is 3. The zero-order valence-corrected chi connectivity index (χ0v) is 57.9. The van der Waals surface area contributed by atoms with E-state index in [1.807, 2.05) is 43.5 Å². The maximum Gasteiger partial charge on any atom is 0.417 e. The van der Waals surface area contributed by atoms with Gasteiger partial charge >= 0.3 is 12.4 Å². The number of nitrogens with one attached hydrogen (secondary N) is 6. The van der Waals surface area contributed by atoms with Crippen molar-refractivity contribution in [1.29, 1.82) is 0 Å². The van der Waals surface area contributed by atoms with Gasteiger partial charge in [-0.25, -0.2) is 0 Å². The molecule has 0 amide bonds. The minimum atomic E-state index is -4.57. The minimum absolute atomic E-state index is 0.0500. The van der Waals surface area contributed by atoms with Crippen LogP contribution in [0.25, 0.3) is 0 Å². The van der Waals surface area contributed by atoms with Gasteiger partial charge in [-0.05, 0) is 165 Å². The van der Waals surface area contributed by atoms with Crippen LogP contribution in [0.2, 0.25) is 5.02 Å². The SMILES string of the molecule is CCO[C@@H]1CNCC2(CCC2)NC(C)[C@H]([C@@H](C)CC)N2C(C)[C@@H](C)C2CNC(C)[C@H](CC(C)C)NC[C@H]([C@@H](C)CC)NC(C)[C@H](C)N2CCCC2=CN(CC)C(Cc2ccc(C(F)(F)F)cc2)=CN(C)C=CN=C(CCc2ccc(C(F)(F)F)c(Cl)c2)C=CN1. The first kappa shape index (κ1) is 74.9. The number of fused-ring (bicyclic) bond motifs is 2. The van der Waals surface area contributed by atoms with Crippen LogP contribution in [-0.2, 0) is 29.9 Å². The summed E-state index contributed by atoms with van der Waals surface area (Å²) in [6, 6.07) is 11.8. The van der Waals surface area contributed by atoms with Gasteiger partial charge in [0, 0.05) is 167 Å². The molecule has 2 aromatic rings. The second-order valence-corrected chi connectivity index (χ2v) is 27.7. The van der Waals surface area contributed by atoms with E-state index < -0.39 is 23.5 Å². The predicted molar refractivity (Wildman–Crippen MR) is 360 cm³/mol. The number of aryl methyl sites for hydroxylation is 1. The van der Waals surface area contributed by atoms with Crippen LogP contribution in [-0.4, -0.2) is 144 Å². The Morgan fingerprint density at radius 3 is 2.09 bits per heavy atom. The topological polar surface area (TPSA) is 107 Å². The molecule has 6 rings (SSSR count). The standard InChI is InChI=1S/C71H114ClF6N11O/c1-16-48(7)65-41-83-64(38-47(5)6)52(11)82-42-66-50(9)54(13)89(66)68(49(8)17-2)53(12)85-69(32-21-33-69)46-79-43-67(90-19-4)81-34-31-59(29-25-57-26-30-62(63(72)40-57)71(76,77)78)80-35-37-86(15)44-61(39-56-23-27-58(28-24-56)70(73,74)75)87(18-3)45-60-22-20-36-88(60)55(14)51(10)84-65/h23-24,26-28,30-31,34-35,37,40,44-45,47-55,64-68,79,81-85H,16-22,25,29,32-33,36,38-39,41-43,46H2,1-15H3/t48-,49-,50+,51?,52?,53?,54?,55-,64-,65+,66?,67+,68-/m0/s1. The van der Waals surface area contributed by atoms with Crippen LogP contribution in [0.4, 0.5) is 26.3 Å². The van der Waals surface area contributed by atoms with Crippen LogP contribution in [0.5, 0.6) is 0 Å². The van der Waals surface area contributed by atoms with Gasteiger partial charge in [0.25, 0.3) is 0 Å². The molecule has 1 aliphatic carbocycles. The molecule has 1 spiro atoms. The molecule has 3 fully saturated rings. The number of likely N-dealkylation sites (N-methyl/N-ethyl adjacent to an activating group) is 1. The summed E-state index contributed by atoms with van der Waals surface area (Å²) in [5.41, 5.74) is 2.49. The number of ether oxygens (including phenoxy) is 1. The Kier molecular flexibility index (Phi) is 29.0. The fourth-order valence-corrected chi connectivity index (χ4v) is 14.2. The summed E-state index contributed by atoms with van der Waals surface area (Å²) in [5.74, 6) is 1.99. The Bertz CT molecular complexity index is 2640. The highest BCUT2D eigenvalue weighted by Gasteiger charge is 2.50. The lowest BCUT2D eigenvalue weighted by Crippen LogP contribution is -2.74. The van der Waals surface area contributed by atoms with Crippen molar-refractivity contribution >= 4 is 17.3 Å². The quantitative estimate of drug-likeness (QED) is 0.102. The zero-order chi connectivity index (χ0) is 66.1. The number of hydrogen-bond acceptors (Lipinski definition) is 12. The van der Waals surface area contributed by atoms with Crippen LogP contribution in [0.3, 0.4) is 0 Å². The van der Waals surface area contributed by atoms with Crippen molar-refractivity contribution in [2.75, 3.05) is 52.9 Å². The molecule has 0 aromatic heterocycles. The maximum atomic E-state index is 13.8. The smallest absolute Gasteiger partial charge is 0.369 e. The van der Waals surface area contributed by atoms with Crippen LogP contribution >= 0.6 is 11.6 Å². The molecule has 6 N–H and O–H groups in total. The highest BCUT2D eigenvalue weighted by atomic mass is 35.5. The highest BCUT2D eigenvalue weighted by Crippen LogP contribution is 2.41. The first-order valence-corrected chi connectivity index (χ1v) is 34.4. The fourth-order valence-electron chi connectivity index (χ4n) is 13.9. The molecule has 19 heteroatoms. The Balaban J connectivity index is 1.37. The van der Waals surface area contributed by atoms with Crippen molar-refractivity contribution in [3.8, 4) is 0 Å². The molecule has 2 saturated heterocycles. The summed E-state index contributed by atoms with van der Waals surface area (Å²) in [5, 5.41) is 23.6. The number of halogens is 7. The van der Waals surface area contributed by atoms with E-state index in [2.05, 4.69) is 143 Å². The fraction of sp³-hybridized carbons (Fsp3) is 0.704. The minimum Gasteiger partial charge on any atom is -0.369 e. The monoisotopic (exact) mass is 1290 g/mol. The Hall–Kier alpha value is -4.14. The molecule has 2 aromatic carbocycles. The summed E-state index contributed by atoms with van der Waals surface area (Å²) in [6.45, 7) is 37.6. The van der Waals surface area contributed by atoms with E-state index in [0.29, 0.717) is 92.0 Å². The van der Waals surface area contributed by atoms with Crippen molar-refractivity contribution in [1.82, 2.24) is 51.5 Å². The molecule has 0 radical (unpaired) electrons. The Morgan fingerprint density at radius 1 is 0.778 bits per heavy atom. The molecule has 5 unspecified atom stereocenters. The molecule has 508 valence electrons. The summed E-state index contributed by atoms with van der Waals surface area (Å²) in [6.07, 6.45) is 11.6. The van der Waals surface area contributed by atoms with E-state index in [1.165, 1.54) is 24.3 Å². The van der Waals surface area contributed by atoms with Gasteiger partial charge in [-0.3, -0.25) is 9.89 Å². The molecule has 3 aliphatic heterocycles. The molecular formula is C71H114ClF6N11O. The van der Waals surface area contributed by atoms with Gasteiger partial charge in [0.2, 0.25) is 0 Å². The third-order valence-corrected chi connectivity index (χ3v) is 20.6. The molecule has 1 saturated carbocycles. The van der Waals surface area contributed by atoms with E-state index >= 15 is 0 Å². The van der Waals surface area contributed by atoms with Crippen LogP contribution < -0.4 is 31.9 Å². The molecule has 90 heavy (non-hydrogen) atoms. The largest absolute Gasteiger partial charge is 0.417 e. The Labute approximate surface area is 543 Å². The summed E-state index contributed by atoms with van der Waals surface area (Å²) >= 11 is 6.19. The number of aliphatic imine (C=N–C) groups is 1. The van der Waals surface area contributed by atoms with Crippen LogP contribution in [0.1, 0.15) is 177 Å². The van der Waals surface area contributed by atoms with Crippen molar-refractivity contribution in [3.63, 3.8) is 0 Å². The summed E-state index contributed by atoms with van der Waals surface area (Å²) < 4.78 is 88.9. The molecular weight excluding hydrogens is 1170 g/mol. The molecule has 0 bridgehead atoms. The number of rotatable bonds is 14. The van der Waals surface area contributed by atoms with Crippen LogP contribution in [0.15, 0.2) is 95.9 Å². The lowest BCUT2D eigenvalue weighted by molar-refractivity contribution is -0.138. The maximum absolute atomic E-state index is 13.8. The van der Waals surface area contributed by atoms with Gasteiger partial charge in [0.05, 0.1) is 16.1 Å². The summed E-state index contributed by atoms with van der Waals surface area (Å²) in [7, 11) is 1.90. The zero-order valence-electron chi connectivity index (χ0n) is 57.1. The van der Waals surface area contributed by atoms with E-state index in [9.17, 15) is 26.3 Å². The number of nitrogens with zero attached hydrogens (tertiary/aromatic N) is 5. The average molecular weight is 1290 g/mol. The molecule has 4 aliphatic rings. The van der Waals surface area contributed by atoms with Gasteiger partial charge < -0.3 is 51.3 Å². The first-order chi connectivity index (χ1) is 42.6. The lowest BCUT2D eigenvalue weighted by Gasteiger charge is -2.60. The van der Waals surface area contributed by atoms with Gasteiger partial charge in [-0.2, -0.15) is 26.3 Å². The van der Waals surface area contributed by atoms with E-state index in [0.717, 1.165) is 101 Å². The van der Waals surface area contributed by atoms with E-state index in [4.69, 9.17) is 21.3 Å². The van der Waals surface area contributed by atoms with Gasteiger partial charge in [0.1, 0.15) is 6.23 Å². The van der Waals surface area contributed by atoms with E-state index in [1.54, 1.807) is 18.3 Å². The third kappa shape index (κ3) is 21.2. The average Bonchev–Trinajstić information content (AvgIpc) is 0.848. The van der Waals surface area contributed by atoms with Crippen molar-refractivity contribution in [2.24, 2.45) is 28.7 Å². The van der Waals surface area contributed by atoms with Crippen molar-refractivity contribution in [3.05, 3.63) is 118 Å². The molecule has 13 atom stereocenters. The molecule has 3 heterocycles. The third-order valence-electron chi connectivity index (χ3n) is 20.3. The van der Waals surface area contributed by atoms with Gasteiger partial charge in [0.15, 0.2) is 0 Å². The van der Waals surface area contributed by atoms with Gasteiger partial charge in [-0.1, -0.05) is 91.1 Å². The van der Waals surface area contributed by atoms with Crippen LogP contribution in [0, 0.1) is 23.7 Å². The number of alkyl halides is 6. The second-order valence-electron chi connectivity index (χ2n) is 27.3. The van der Waals surface area contributed by atoms with Crippen molar-refractivity contribution < 1.29 is 31.1 Å². The van der Waals surface area contributed by atoms with Crippen molar-refractivity contribution in [2.45, 2.75) is 246 Å². The first-order valence-electron chi connectivity index (χ1n) is 34.1. The predicted octanol–water partition coefficient (Wildman–Crippen LogP) is 14.4. The lowest BCUT2D eigenvalue weighted by atomic mass is 9.73. The number of hydrogen-bond donors (Lipinski definition) is 6. The van der Waals surface area contributed by atoms with E-state index in [-0.39, 0.29) is 53.0 Å². The van der Waals surface area contributed by atoms with Gasteiger partial charge in [-0.15, -0.1) is 0 Å². The highest BCUT2D eigenvalue weighted by molar-refractivity contribution is 6.31. The number of benzene rings is 2. The second kappa shape index (κ2) is 34.8. The normalized spacial score (nSPS) is 28.8.